The van der Waals surface area contributed by atoms with Crippen LogP contribution in [0.4, 0.5) is 5.69 Å². The van der Waals surface area contributed by atoms with E-state index in [0.717, 1.165) is 0 Å². The Morgan fingerprint density at radius 2 is 1.96 bits per heavy atom. The lowest BCUT2D eigenvalue weighted by molar-refractivity contribution is -0.149. The number of carbonyl (C=O) groups is 4. The summed E-state index contributed by atoms with van der Waals surface area (Å²) in [6.45, 7) is 1.11. The number of carboxylic acid groups (broad SMARTS) is 1. The zero-order valence-corrected chi connectivity index (χ0v) is 15.4. The Morgan fingerprint density at radius 1 is 1.30 bits per heavy atom. The lowest BCUT2D eigenvalue weighted by Gasteiger charge is -2.52. The summed E-state index contributed by atoms with van der Waals surface area (Å²) in [6.07, 6.45) is -0.0140. The number of nitrogens with two attached hydrogens (primary N) is 1. The first-order valence-electron chi connectivity index (χ1n) is 8.33. The van der Waals surface area contributed by atoms with Gasteiger partial charge in [-0.05, 0) is 24.6 Å². The van der Waals surface area contributed by atoms with E-state index < -0.39 is 29.2 Å². The van der Waals surface area contributed by atoms with Gasteiger partial charge in [-0.1, -0.05) is 18.2 Å². The zero-order chi connectivity index (χ0) is 19.7. The maximum atomic E-state index is 12.9. The number of β-lactam (4-membered cyclic amide) rings is 1. The van der Waals surface area contributed by atoms with Crippen molar-refractivity contribution in [2.24, 2.45) is 5.73 Å². The number of hydrogen-bond donors (Lipinski definition) is 2. The molecule has 0 radical (unpaired) electrons. The van der Waals surface area contributed by atoms with E-state index in [4.69, 9.17) is 5.73 Å². The molecule has 9 heteroatoms. The molecule has 1 aromatic carbocycles. The average Bonchev–Trinajstić information content (AvgIpc) is 2.65. The van der Waals surface area contributed by atoms with Crippen molar-refractivity contribution in [1.82, 2.24) is 4.90 Å². The van der Waals surface area contributed by atoms with Gasteiger partial charge in [0.05, 0.1) is 6.54 Å². The minimum atomic E-state index is -1.25. The minimum absolute atomic E-state index is 0.0140. The molecular weight excluding hydrogens is 370 g/mol. The Labute approximate surface area is 160 Å². The highest BCUT2D eigenvalue weighted by molar-refractivity contribution is 8.00. The fraction of sp³-hybridized carbons (Fsp3) is 0.333. The van der Waals surface area contributed by atoms with E-state index in [2.05, 4.69) is 0 Å². The fourth-order valence-electron chi connectivity index (χ4n) is 3.35. The van der Waals surface area contributed by atoms with Crippen molar-refractivity contribution < 1.29 is 24.3 Å². The van der Waals surface area contributed by atoms with Crippen molar-refractivity contribution in [3.05, 3.63) is 41.6 Å². The molecular formula is C18H19N3O5S. The maximum Gasteiger partial charge on any atom is 0.352 e. The van der Waals surface area contributed by atoms with E-state index in [1.807, 2.05) is 0 Å². The highest BCUT2D eigenvalue weighted by atomic mass is 32.2. The van der Waals surface area contributed by atoms with Gasteiger partial charge in [-0.2, -0.15) is 0 Å². The monoisotopic (exact) mass is 389 g/mol. The molecule has 3 rings (SSSR count). The normalized spacial score (nSPS) is 21.4. The van der Waals surface area contributed by atoms with Crippen LogP contribution in [0.3, 0.4) is 0 Å². The number of rotatable bonds is 6. The number of fused-ring (bicyclic) bond motifs is 1. The Balaban J connectivity index is 1.97. The molecule has 3 N–H and O–H groups in total. The molecule has 2 heterocycles. The van der Waals surface area contributed by atoms with Crippen LogP contribution in [-0.4, -0.2) is 57.3 Å². The molecule has 1 fully saturated rings. The number of para-hydroxylation sites is 1. The number of Topliss-reactive ketones (excluding diaryl/α,β-unsaturated/α-hetero) is 1. The van der Waals surface area contributed by atoms with Gasteiger partial charge in [0.1, 0.15) is 22.9 Å². The molecule has 0 unspecified atom stereocenters. The van der Waals surface area contributed by atoms with Gasteiger partial charge in [0.2, 0.25) is 5.91 Å². The average molecular weight is 389 g/mol. The van der Waals surface area contributed by atoms with E-state index >= 15 is 0 Å². The van der Waals surface area contributed by atoms with E-state index in [0.29, 0.717) is 17.0 Å². The van der Waals surface area contributed by atoms with Crippen LogP contribution in [0.1, 0.15) is 13.3 Å². The molecule has 0 aliphatic carbocycles. The lowest BCUT2D eigenvalue weighted by Crippen LogP contribution is -2.72. The van der Waals surface area contributed by atoms with Crippen molar-refractivity contribution in [1.29, 1.82) is 0 Å². The summed E-state index contributed by atoms with van der Waals surface area (Å²) in [6, 6.07) is 7.85. The van der Waals surface area contributed by atoms with Crippen LogP contribution < -0.4 is 10.6 Å². The zero-order valence-electron chi connectivity index (χ0n) is 14.6. The first-order chi connectivity index (χ1) is 12.9. The van der Waals surface area contributed by atoms with Crippen LogP contribution in [0, 0.1) is 0 Å². The predicted molar refractivity (Wildman–Crippen MR) is 99.8 cm³/mol. The summed E-state index contributed by atoms with van der Waals surface area (Å²) < 4.78 is 0. The standard InChI is InChI=1S/C18H19N3O5S/c1-10(22)7-11-9-27-17-15(16(24)21(17)14(11)18(25)26)20(13(23)8-19)12-5-3-2-4-6-12/h2-6,15,17H,7-9,19H2,1H3,(H,25,26)/t15-,17+/m1/s1. The number of ketones is 1. The third kappa shape index (κ3) is 3.35. The Bertz CT molecular complexity index is 839. The summed E-state index contributed by atoms with van der Waals surface area (Å²) in [5, 5.41) is 9.05. The molecule has 2 amide bonds. The number of amides is 2. The quantitative estimate of drug-likeness (QED) is 0.683. The molecule has 8 nitrogen and oxygen atoms in total. The number of carbonyl (C=O) groups excluding carboxylic acids is 3. The fourth-order valence-corrected chi connectivity index (χ4v) is 4.74. The number of benzene rings is 1. The second-order valence-electron chi connectivity index (χ2n) is 6.29. The minimum Gasteiger partial charge on any atom is -0.477 e. The Kier molecular flexibility index (Phi) is 5.33. The van der Waals surface area contributed by atoms with Crippen molar-refractivity contribution in [3.63, 3.8) is 0 Å². The van der Waals surface area contributed by atoms with Crippen molar-refractivity contribution in [2.45, 2.75) is 24.8 Å². The van der Waals surface area contributed by atoms with Crippen LogP contribution in [0.2, 0.25) is 0 Å². The van der Waals surface area contributed by atoms with Gasteiger partial charge in [-0.25, -0.2) is 4.79 Å². The number of carboxylic acids is 1. The van der Waals surface area contributed by atoms with Crippen LogP contribution in [0.25, 0.3) is 0 Å². The van der Waals surface area contributed by atoms with Gasteiger partial charge in [-0.15, -0.1) is 11.8 Å². The highest BCUT2D eigenvalue weighted by Crippen LogP contribution is 2.44. The third-order valence-corrected chi connectivity index (χ3v) is 5.77. The molecule has 2 aliphatic rings. The van der Waals surface area contributed by atoms with Gasteiger partial charge >= 0.3 is 5.97 Å². The molecule has 0 aromatic heterocycles. The Morgan fingerprint density at radius 3 is 2.52 bits per heavy atom. The van der Waals surface area contributed by atoms with E-state index in [1.54, 1.807) is 30.3 Å². The topological polar surface area (TPSA) is 121 Å². The summed E-state index contributed by atoms with van der Waals surface area (Å²) in [5.41, 5.74) is 6.33. The highest BCUT2D eigenvalue weighted by Gasteiger charge is 2.57. The first-order valence-corrected chi connectivity index (χ1v) is 9.38. The van der Waals surface area contributed by atoms with Gasteiger partial charge in [0.15, 0.2) is 0 Å². The summed E-state index contributed by atoms with van der Waals surface area (Å²) in [4.78, 5) is 51.0. The van der Waals surface area contributed by atoms with Crippen molar-refractivity contribution in [3.8, 4) is 0 Å². The summed E-state index contributed by atoms with van der Waals surface area (Å²) in [5.74, 6) is -2.02. The molecule has 0 bridgehead atoms. The largest absolute Gasteiger partial charge is 0.477 e. The summed E-state index contributed by atoms with van der Waals surface area (Å²) in [7, 11) is 0. The van der Waals surface area contributed by atoms with Crippen LogP contribution in [0.15, 0.2) is 41.6 Å². The van der Waals surface area contributed by atoms with Crippen molar-refractivity contribution >= 4 is 41.0 Å². The SMILES string of the molecule is CC(=O)CC1=C(C(=O)O)N2C(=O)[C@@H](N(C(=O)CN)c3ccccc3)[C@@H]2SC1. The van der Waals surface area contributed by atoms with Crippen LogP contribution in [0.5, 0.6) is 0 Å². The number of aliphatic carboxylic acids is 1. The number of thioether (sulfide) groups is 1. The number of nitrogens with zero attached hydrogens (tertiary/aromatic N) is 2. The lowest BCUT2D eigenvalue weighted by atomic mass is 9.98. The predicted octanol–water partition coefficient (Wildman–Crippen LogP) is 0.580. The maximum absolute atomic E-state index is 12.9. The van der Waals surface area contributed by atoms with E-state index in [-0.39, 0.29) is 24.4 Å². The number of hydrogen-bond acceptors (Lipinski definition) is 6. The summed E-state index contributed by atoms with van der Waals surface area (Å²) >= 11 is 1.34. The second kappa shape index (κ2) is 7.53. The second-order valence-corrected chi connectivity index (χ2v) is 7.40. The van der Waals surface area contributed by atoms with Gasteiger partial charge in [0.25, 0.3) is 5.91 Å². The molecule has 0 spiro atoms. The molecule has 27 heavy (non-hydrogen) atoms. The molecule has 1 saturated heterocycles. The van der Waals surface area contributed by atoms with Gasteiger partial charge < -0.3 is 10.8 Å². The van der Waals surface area contributed by atoms with Gasteiger partial charge in [-0.3, -0.25) is 24.2 Å². The molecule has 142 valence electrons. The Hall–Kier alpha value is -2.65. The van der Waals surface area contributed by atoms with Crippen LogP contribution in [-0.2, 0) is 19.2 Å². The third-order valence-electron chi connectivity index (χ3n) is 4.44. The molecule has 2 aliphatic heterocycles. The smallest absolute Gasteiger partial charge is 0.352 e. The van der Waals surface area contributed by atoms with E-state index in [9.17, 15) is 24.3 Å². The first kappa shape index (κ1) is 19.1. The molecule has 1 aromatic rings. The van der Waals surface area contributed by atoms with Crippen molar-refractivity contribution in [2.75, 3.05) is 17.2 Å². The van der Waals surface area contributed by atoms with Crippen LogP contribution >= 0.6 is 11.8 Å². The molecule has 0 saturated carbocycles. The van der Waals surface area contributed by atoms with E-state index in [1.165, 1.54) is 28.5 Å². The number of anilines is 1. The molecule has 2 atom stereocenters. The van der Waals surface area contributed by atoms with Gasteiger partial charge in [0, 0.05) is 17.9 Å².